The Morgan fingerprint density at radius 2 is 2.37 bits per heavy atom. The maximum absolute atomic E-state index is 13.3. The van der Waals surface area contributed by atoms with Gasteiger partial charge in [-0.15, -0.1) is 0 Å². The molecule has 0 spiro atoms. The van der Waals surface area contributed by atoms with E-state index in [1.807, 2.05) is 0 Å². The van der Waals surface area contributed by atoms with E-state index in [0.29, 0.717) is 6.54 Å². The lowest BCUT2D eigenvalue weighted by Gasteiger charge is -2.34. The summed E-state index contributed by atoms with van der Waals surface area (Å²) in [6.07, 6.45) is 0.139. The zero-order chi connectivity index (χ0) is 13.8. The van der Waals surface area contributed by atoms with Crippen LogP contribution in [0.4, 0.5) is 4.39 Å². The molecule has 1 aliphatic heterocycles. The number of aliphatic carboxylic acids is 1. The first-order chi connectivity index (χ1) is 9.06. The molecule has 1 fully saturated rings. The largest absolute Gasteiger partial charge is 0.481 e. The monoisotopic (exact) mass is 347 g/mol. The summed E-state index contributed by atoms with van der Waals surface area (Å²) in [6, 6.07) is 4.62. The van der Waals surface area contributed by atoms with Crippen LogP contribution in [-0.2, 0) is 11.3 Å². The summed E-state index contributed by atoms with van der Waals surface area (Å²) in [7, 11) is 0. The fourth-order valence-corrected chi connectivity index (χ4v) is 3.67. The van der Waals surface area contributed by atoms with Crippen LogP contribution in [0.25, 0.3) is 0 Å². The van der Waals surface area contributed by atoms with Crippen molar-refractivity contribution in [3.05, 3.63) is 34.1 Å². The van der Waals surface area contributed by atoms with E-state index in [0.717, 1.165) is 28.1 Å². The third kappa shape index (κ3) is 4.19. The van der Waals surface area contributed by atoms with Crippen molar-refractivity contribution >= 4 is 33.7 Å². The second-order valence-electron chi connectivity index (χ2n) is 4.53. The number of thioether (sulfide) groups is 1. The summed E-state index contributed by atoms with van der Waals surface area (Å²) >= 11 is 5.19. The Hall–Kier alpha value is -0.590. The topological polar surface area (TPSA) is 40.5 Å². The zero-order valence-electron chi connectivity index (χ0n) is 10.3. The van der Waals surface area contributed by atoms with Crippen LogP contribution in [0.15, 0.2) is 22.7 Å². The normalized spacial score (nSPS) is 20.4. The summed E-state index contributed by atoms with van der Waals surface area (Å²) in [5.41, 5.74) is 0.863. The van der Waals surface area contributed by atoms with Crippen LogP contribution in [0.3, 0.4) is 0 Å². The molecule has 0 saturated carbocycles. The highest BCUT2D eigenvalue weighted by Crippen LogP contribution is 2.25. The van der Waals surface area contributed by atoms with Gasteiger partial charge in [-0.05, 0) is 23.8 Å². The van der Waals surface area contributed by atoms with Crippen LogP contribution in [0, 0.1) is 5.82 Å². The smallest absolute Gasteiger partial charge is 0.304 e. The minimum absolute atomic E-state index is 0.0198. The Bertz CT molecular complexity index is 472. The van der Waals surface area contributed by atoms with Gasteiger partial charge in [0.15, 0.2) is 0 Å². The molecular weight excluding hydrogens is 333 g/mol. The van der Waals surface area contributed by atoms with Crippen LogP contribution in [0.2, 0.25) is 0 Å². The van der Waals surface area contributed by atoms with E-state index < -0.39 is 5.97 Å². The molecule has 1 atom stereocenters. The summed E-state index contributed by atoms with van der Waals surface area (Å²) in [4.78, 5) is 13.0. The molecule has 1 N–H and O–H groups in total. The molecule has 1 aliphatic rings. The summed E-state index contributed by atoms with van der Waals surface area (Å²) in [6.45, 7) is 1.42. The van der Waals surface area contributed by atoms with Gasteiger partial charge in [0.05, 0.1) is 6.42 Å². The zero-order valence-corrected chi connectivity index (χ0v) is 12.7. The average Bonchev–Trinajstić information content (AvgIpc) is 2.35. The molecule has 1 saturated heterocycles. The molecule has 19 heavy (non-hydrogen) atoms. The fourth-order valence-electron chi connectivity index (χ4n) is 2.17. The van der Waals surface area contributed by atoms with Crippen LogP contribution in [-0.4, -0.2) is 40.1 Å². The first-order valence-corrected chi connectivity index (χ1v) is 7.98. The van der Waals surface area contributed by atoms with Crippen molar-refractivity contribution in [3.8, 4) is 0 Å². The van der Waals surface area contributed by atoms with Gasteiger partial charge in [0.1, 0.15) is 5.82 Å². The Morgan fingerprint density at radius 3 is 3.11 bits per heavy atom. The number of halogens is 2. The van der Waals surface area contributed by atoms with Crippen molar-refractivity contribution in [2.45, 2.75) is 19.0 Å². The number of rotatable bonds is 4. The maximum atomic E-state index is 13.3. The van der Waals surface area contributed by atoms with Gasteiger partial charge >= 0.3 is 5.97 Å². The molecule has 1 unspecified atom stereocenters. The fraction of sp³-hybridized carbons (Fsp3) is 0.462. The molecule has 0 aliphatic carbocycles. The summed E-state index contributed by atoms with van der Waals surface area (Å²) < 4.78 is 14.1. The predicted octanol–water partition coefficient (Wildman–Crippen LogP) is 2.98. The number of benzene rings is 1. The summed E-state index contributed by atoms with van der Waals surface area (Å²) in [5.74, 6) is 0.762. The first-order valence-electron chi connectivity index (χ1n) is 6.04. The van der Waals surface area contributed by atoms with Crippen molar-refractivity contribution in [3.63, 3.8) is 0 Å². The van der Waals surface area contributed by atoms with Crippen molar-refractivity contribution in [1.29, 1.82) is 0 Å². The van der Waals surface area contributed by atoms with E-state index in [1.165, 1.54) is 12.1 Å². The minimum atomic E-state index is -0.782. The Balaban J connectivity index is 2.10. The standard InChI is InChI=1S/C13H15BrFNO2S/c14-12-2-1-10(15)5-9(12)7-16-3-4-19-8-11(16)6-13(17)18/h1-2,5,11H,3-4,6-8H2,(H,17,18). The van der Waals surface area contributed by atoms with Gasteiger partial charge in [-0.25, -0.2) is 4.39 Å². The SMILES string of the molecule is O=C(O)CC1CSCCN1Cc1cc(F)ccc1Br. The van der Waals surface area contributed by atoms with Crippen LogP contribution in [0.5, 0.6) is 0 Å². The van der Waals surface area contributed by atoms with Gasteiger partial charge in [0, 0.05) is 35.1 Å². The number of carboxylic acids is 1. The van der Waals surface area contributed by atoms with Gasteiger partial charge in [-0.1, -0.05) is 15.9 Å². The number of hydrogen-bond acceptors (Lipinski definition) is 3. The maximum Gasteiger partial charge on any atom is 0.304 e. The highest BCUT2D eigenvalue weighted by Gasteiger charge is 2.25. The van der Waals surface area contributed by atoms with Crippen molar-refractivity contribution in [2.24, 2.45) is 0 Å². The third-order valence-corrected chi connectivity index (χ3v) is 5.01. The molecule has 0 bridgehead atoms. The number of carbonyl (C=O) groups is 1. The van der Waals surface area contributed by atoms with Crippen LogP contribution in [0.1, 0.15) is 12.0 Å². The minimum Gasteiger partial charge on any atom is -0.481 e. The molecule has 0 radical (unpaired) electrons. The molecular formula is C13H15BrFNO2S. The Labute approximate surface area is 124 Å². The number of carboxylic acid groups (broad SMARTS) is 1. The molecule has 1 heterocycles. The Kier molecular flexibility index (Phi) is 5.24. The third-order valence-electron chi connectivity index (χ3n) is 3.14. The van der Waals surface area contributed by atoms with E-state index in [4.69, 9.17) is 5.11 Å². The Morgan fingerprint density at radius 1 is 1.58 bits per heavy atom. The molecule has 104 valence electrons. The molecule has 3 nitrogen and oxygen atoms in total. The van der Waals surface area contributed by atoms with Gasteiger partial charge in [0.2, 0.25) is 0 Å². The van der Waals surface area contributed by atoms with E-state index in [1.54, 1.807) is 17.8 Å². The summed E-state index contributed by atoms with van der Waals surface area (Å²) in [5, 5.41) is 8.94. The molecule has 1 aromatic rings. The van der Waals surface area contributed by atoms with Crippen molar-refractivity contribution in [1.82, 2.24) is 4.90 Å². The highest BCUT2D eigenvalue weighted by molar-refractivity contribution is 9.10. The lowest BCUT2D eigenvalue weighted by Crippen LogP contribution is -2.43. The van der Waals surface area contributed by atoms with Crippen LogP contribution < -0.4 is 0 Å². The highest BCUT2D eigenvalue weighted by atomic mass is 79.9. The van der Waals surface area contributed by atoms with Gasteiger partial charge in [-0.3, -0.25) is 9.69 Å². The average molecular weight is 348 g/mol. The molecule has 0 aromatic heterocycles. The quantitative estimate of drug-likeness (QED) is 0.908. The lowest BCUT2D eigenvalue weighted by molar-refractivity contribution is -0.138. The van der Waals surface area contributed by atoms with E-state index >= 15 is 0 Å². The van der Waals surface area contributed by atoms with E-state index in [-0.39, 0.29) is 18.3 Å². The molecule has 2 rings (SSSR count). The van der Waals surface area contributed by atoms with Gasteiger partial charge < -0.3 is 5.11 Å². The number of nitrogens with zero attached hydrogens (tertiary/aromatic N) is 1. The predicted molar refractivity (Wildman–Crippen MR) is 77.9 cm³/mol. The second kappa shape index (κ2) is 6.72. The van der Waals surface area contributed by atoms with Crippen molar-refractivity contribution < 1.29 is 14.3 Å². The molecule has 0 amide bonds. The van der Waals surface area contributed by atoms with E-state index in [2.05, 4.69) is 20.8 Å². The van der Waals surface area contributed by atoms with E-state index in [9.17, 15) is 9.18 Å². The van der Waals surface area contributed by atoms with Gasteiger partial charge in [0.25, 0.3) is 0 Å². The number of hydrogen-bond donors (Lipinski definition) is 1. The van der Waals surface area contributed by atoms with Crippen molar-refractivity contribution in [2.75, 3.05) is 18.1 Å². The second-order valence-corrected chi connectivity index (χ2v) is 6.54. The molecule has 6 heteroatoms. The van der Waals surface area contributed by atoms with Gasteiger partial charge in [-0.2, -0.15) is 11.8 Å². The van der Waals surface area contributed by atoms with Crippen LogP contribution >= 0.6 is 27.7 Å². The molecule has 1 aromatic carbocycles. The first kappa shape index (κ1) is 14.8. The lowest BCUT2D eigenvalue weighted by atomic mass is 10.1.